The minimum absolute atomic E-state index is 0.0545. The topological polar surface area (TPSA) is 85.3 Å². The predicted molar refractivity (Wildman–Crippen MR) is 86.9 cm³/mol. The molecule has 0 unspecified atom stereocenters. The number of benzene rings is 1. The molecular formula is C17H23NO6. The van der Waals surface area contributed by atoms with Gasteiger partial charge in [-0.3, -0.25) is 0 Å². The Balaban J connectivity index is 2.41. The highest BCUT2D eigenvalue weighted by molar-refractivity contribution is 5.92. The van der Waals surface area contributed by atoms with Crippen LogP contribution in [0.25, 0.3) is 0 Å². The van der Waals surface area contributed by atoms with Crippen molar-refractivity contribution < 1.29 is 28.9 Å². The molecule has 7 nitrogen and oxygen atoms in total. The van der Waals surface area contributed by atoms with Crippen molar-refractivity contribution in [1.29, 1.82) is 0 Å². The summed E-state index contributed by atoms with van der Waals surface area (Å²) in [4.78, 5) is 25.3. The molecule has 1 amide bonds. The number of amides is 1. The third-order valence-electron chi connectivity index (χ3n) is 3.74. The number of methoxy groups -OCH3 is 2. The lowest BCUT2D eigenvalue weighted by Gasteiger charge is -2.32. The average molecular weight is 337 g/mol. The molecule has 0 spiro atoms. The highest BCUT2D eigenvalue weighted by Gasteiger charge is 2.31. The number of carbonyl (C=O) groups excluding carboxylic acids is 1. The van der Waals surface area contributed by atoms with Crippen LogP contribution in [0.3, 0.4) is 0 Å². The van der Waals surface area contributed by atoms with Crippen LogP contribution in [-0.2, 0) is 17.7 Å². The smallest absolute Gasteiger partial charge is 0.410 e. The van der Waals surface area contributed by atoms with Crippen molar-refractivity contribution in [3.8, 4) is 11.5 Å². The summed E-state index contributed by atoms with van der Waals surface area (Å²) in [5.41, 5.74) is 0.982. The maximum atomic E-state index is 12.3. The van der Waals surface area contributed by atoms with Gasteiger partial charge in [-0.1, -0.05) is 0 Å². The average Bonchev–Trinajstić information content (AvgIpc) is 2.50. The molecule has 1 heterocycles. The Morgan fingerprint density at radius 1 is 1.17 bits per heavy atom. The Morgan fingerprint density at radius 2 is 1.83 bits per heavy atom. The van der Waals surface area contributed by atoms with E-state index in [1.807, 2.05) is 20.8 Å². The highest BCUT2D eigenvalue weighted by Crippen LogP contribution is 2.38. The van der Waals surface area contributed by atoms with Gasteiger partial charge in [0, 0.05) is 17.7 Å². The Morgan fingerprint density at radius 3 is 2.33 bits per heavy atom. The van der Waals surface area contributed by atoms with E-state index >= 15 is 0 Å². The summed E-state index contributed by atoms with van der Waals surface area (Å²) >= 11 is 0. The van der Waals surface area contributed by atoms with E-state index in [0.717, 1.165) is 11.1 Å². The van der Waals surface area contributed by atoms with Crippen molar-refractivity contribution in [2.75, 3.05) is 20.8 Å². The van der Waals surface area contributed by atoms with Gasteiger partial charge in [0.15, 0.2) is 0 Å². The van der Waals surface area contributed by atoms with Crippen LogP contribution in [0.4, 0.5) is 4.79 Å². The number of aromatic carboxylic acids is 1. The molecule has 0 saturated heterocycles. The van der Waals surface area contributed by atoms with E-state index in [2.05, 4.69) is 0 Å². The number of carboxylic acids is 1. The Kier molecular flexibility index (Phi) is 4.91. The number of carboxylic acid groups (broad SMARTS) is 1. The van der Waals surface area contributed by atoms with Gasteiger partial charge in [-0.25, -0.2) is 9.59 Å². The summed E-state index contributed by atoms with van der Waals surface area (Å²) in [6.45, 7) is 6.14. The van der Waals surface area contributed by atoms with Crippen LogP contribution in [0.15, 0.2) is 6.07 Å². The number of hydrogen-bond donors (Lipinski definition) is 1. The molecule has 1 aromatic carbocycles. The van der Waals surface area contributed by atoms with Crippen LogP contribution in [0.2, 0.25) is 0 Å². The van der Waals surface area contributed by atoms with Crippen molar-refractivity contribution in [2.24, 2.45) is 0 Å². The lowest BCUT2D eigenvalue weighted by molar-refractivity contribution is 0.0221. The zero-order valence-electron chi connectivity index (χ0n) is 14.6. The Bertz CT molecular complexity index is 662. The minimum Gasteiger partial charge on any atom is -0.496 e. The first-order valence-corrected chi connectivity index (χ1v) is 7.66. The largest absolute Gasteiger partial charge is 0.496 e. The molecule has 132 valence electrons. The molecule has 7 heteroatoms. The Labute approximate surface area is 141 Å². The standard InChI is InChI=1S/C17H23NO6/c1-17(2,3)24-16(21)18-7-6-10-12(9-18)13(22-4)8-11(15(19)20)14(10)23-5/h8H,6-7,9H2,1-5H3,(H,19,20). The second-order valence-electron chi connectivity index (χ2n) is 6.57. The fraction of sp³-hybridized carbons (Fsp3) is 0.529. The van der Waals surface area contributed by atoms with Crippen LogP contribution < -0.4 is 9.47 Å². The summed E-state index contributed by atoms with van der Waals surface area (Å²) < 4.78 is 16.0. The zero-order chi connectivity index (χ0) is 18.1. The Hall–Kier alpha value is -2.44. The van der Waals surface area contributed by atoms with Crippen molar-refractivity contribution in [3.05, 3.63) is 22.8 Å². The SMILES string of the molecule is COc1cc(C(=O)O)c(OC)c2c1CN(C(=O)OC(C)(C)C)CC2. The molecule has 1 aliphatic heterocycles. The first-order valence-electron chi connectivity index (χ1n) is 7.66. The summed E-state index contributed by atoms with van der Waals surface area (Å²) in [6.07, 6.45) is 0.0615. The summed E-state index contributed by atoms with van der Waals surface area (Å²) in [6, 6.07) is 1.43. The summed E-state index contributed by atoms with van der Waals surface area (Å²) in [7, 11) is 2.91. The molecule has 0 aliphatic carbocycles. The van der Waals surface area contributed by atoms with Crippen molar-refractivity contribution in [3.63, 3.8) is 0 Å². The normalized spacial score (nSPS) is 14.0. The quantitative estimate of drug-likeness (QED) is 0.913. The molecule has 1 aliphatic rings. The predicted octanol–water partition coefficient (Wildman–Crippen LogP) is 2.70. The number of hydrogen-bond acceptors (Lipinski definition) is 5. The molecule has 2 rings (SSSR count). The lowest BCUT2D eigenvalue weighted by Crippen LogP contribution is -2.40. The molecule has 0 saturated carbocycles. The van der Waals surface area contributed by atoms with Gasteiger partial charge in [0.25, 0.3) is 0 Å². The second-order valence-corrected chi connectivity index (χ2v) is 6.57. The molecule has 0 fully saturated rings. The molecule has 0 radical (unpaired) electrons. The van der Waals surface area contributed by atoms with E-state index in [0.29, 0.717) is 24.5 Å². The van der Waals surface area contributed by atoms with E-state index in [-0.39, 0.29) is 12.1 Å². The van der Waals surface area contributed by atoms with Gasteiger partial charge in [0.2, 0.25) is 0 Å². The van der Waals surface area contributed by atoms with Crippen LogP contribution in [0, 0.1) is 0 Å². The van der Waals surface area contributed by atoms with Crippen molar-refractivity contribution in [2.45, 2.75) is 39.3 Å². The van der Waals surface area contributed by atoms with Gasteiger partial charge >= 0.3 is 12.1 Å². The fourth-order valence-corrected chi connectivity index (χ4v) is 2.74. The molecule has 24 heavy (non-hydrogen) atoms. The number of ether oxygens (including phenoxy) is 3. The van der Waals surface area contributed by atoms with Gasteiger partial charge in [-0.2, -0.15) is 0 Å². The lowest BCUT2D eigenvalue weighted by atomic mass is 9.94. The van der Waals surface area contributed by atoms with E-state index in [9.17, 15) is 14.7 Å². The van der Waals surface area contributed by atoms with Crippen molar-refractivity contribution in [1.82, 2.24) is 4.90 Å². The van der Waals surface area contributed by atoms with Gasteiger partial charge < -0.3 is 24.2 Å². The van der Waals surface area contributed by atoms with Gasteiger partial charge in [0.1, 0.15) is 22.7 Å². The highest BCUT2D eigenvalue weighted by atomic mass is 16.6. The van der Waals surface area contributed by atoms with Crippen LogP contribution in [-0.4, -0.2) is 48.4 Å². The van der Waals surface area contributed by atoms with Gasteiger partial charge in [-0.15, -0.1) is 0 Å². The molecule has 0 bridgehead atoms. The maximum absolute atomic E-state index is 12.3. The molecule has 1 aromatic rings. The van der Waals surface area contributed by atoms with Crippen LogP contribution >= 0.6 is 0 Å². The second kappa shape index (κ2) is 6.59. The first kappa shape index (κ1) is 17.9. The van der Waals surface area contributed by atoms with E-state index in [1.165, 1.54) is 20.3 Å². The molecule has 0 aromatic heterocycles. The number of nitrogens with zero attached hydrogens (tertiary/aromatic N) is 1. The number of rotatable bonds is 3. The molecule has 1 N–H and O–H groups in total. The first-order chi connectivity index (χ1) is 11.2. The fourth-order valence-electron chi connectivity index (χ4n) is 2.74. The third kappa shape index (κ3) is 3.55. The monoisotopic (exact) mass is 337 g/mol. The van der Waals surface area contributed by atoms with Crippen molar-refractivity contribution >= 4 is 12.1 Å². The summed E-state index contributed by atoms with van der Waals surface area (Å²) in [5, 5.41) is 9.37. The van der Waals surface area contributed by atoms with Gasteiger partial charge in [0.05, 0.1) is 20.8 Å². The van der Waals surface area contributed by atoms with E-state index in [1.54, 1.807) is 4.90 Å². The third-order valence-corrected chi connectivity index (χ3v) is 3.74. The van der Waals surface area contributed by atoms with Crippen LogP contribution in [0.5, 0.6) is 11.5 Å². The maximum Gasteiger partial charge on any atom is 0.410 e. The van der Waals surface area contributed by atoms with Gasteiger partial charge in [-0.05, 0) is 33.3 Å². The summed E-state index contributed by atoms with van der Waals surface area (Å²) in [5.74, 6) is -0.332. The molecular weight excluding hydrogens is 314 g/mol. The zero-order valence-corrected chi connectivity index (χ0v) is 14.6. The van der Waals surface area contributed by atoms with E-state index in [4.69, 9.17) is 14.2 Å². The van der Waals surface area contributed by atoms with E-state index < -0.39 is 17.7 Å². The number of carbonyl (C=O) groups is 2. The van der Waals surface area contributed by atoms with Crippen LogP contribution in [0.1, 0.15) is 42.3 Å². The molecule has 0 atom stereocenters. The minimum atomic E-state index is -1.08. The number of fused-ring (bicyclic) bond motifs is 1.